The second-order valence-electron chi connectivity index (χ2n) is 10.9. The number of ether oxygens (including phenoxy) is 1. The maximum absolute atomic E-state index is 12.8. The Hall–Kier alpha value is -2.75. The number of phenols is 1. The third kappa shape index (κ3) is 5.90. The number of hydrogen-bond donors (Lipinski definition) is 2. The van der Waals surface area contributed by atoms with Gasteiger partial charge in [-0.3, -0.25) is 0 Å². The van der Waals surface area contributed by atoms with E-state index in [2.05, 4.69) is 11.9 Å². The fourth-order valence-corrected chi connectivity index (χ4v) is 3.44. The molecule has 0 spiro atoms. The van der Waals surface area contributed by atoms with E-state index in [1.807, 2.05) is 86.6 Å². The summed E-state index contributed by atoms with van der Waals surface area (Å²) in [7, 11) is 0. The van der Waals surface area contributed by atoms with Gasteiger partial charge >= 0.3 is 6.09 Å². The number of nitrogens with one attached hydrogen (secondary N) is 1. The molecule has 0 aliphatic carbocycles. The molecular weight excluding hydrogens is 386 g/mol. The van der Waals surface area contributed by atoms with Gasteiger partial charge in [0.1, 0.15) is 11.5 Å². The van der Waals surface area contributed by atoms with E-state index in [-0.39, 0.29) is 16.6 Å². The summed E-state index contributed by atoms with van der Waals surface area (Å²) in [5.41, 5.74) is 3.29. The number of phenolic OH excluding ortho intramolecular Hbond substituents is 1. The summed E-state index contributed by atoms with van der Waals surface area (Å²) in [5.74, 6) is 0.671. The lowest BCUT2D eigenvalue weighted by molar-refractivity contribution is 0.188. The number of benzene rings is 2. The first-order valence-electron chi connectivity index (χ1n) is 10.7. The average molecular weight is 424 g/mol. The molecule has 4 nitrogen and oxygen atoms in total. The van der Waals surface area contributed by atoms with E-state index in [4.69, 9.17) is 4.74 Å². The molecule has 0 unspecified atom stereocenters. The third-order valence-corrected chi connectivity index (χ3v) is 5.42. The van der Waals surface area contributed by atoms with Crippen LogP contribution < -0.4 is 10.1 Å². The molecule has 0 fully saturated rings. The van der Waals surface area contributed by atoms with Gasteiger partial charge in [0.25, 0.3) is 0 Å². The summed E-state index contributed by atoms with van der Waals surface area (Å²) in [6.45, 7) is 21.9. The van der Waals surface area contributed by atoms with Crippen molar-refractivity contribution in [1.29, 1.82) is 0 Å². The minimum Gasteiger partial charge on any atom is -0.507 e. The quantitative estimate of drug-likeness (QED) is 0.554. The summed E-state index contributed by atoms with van der Waals surface area (Å²) in [5, 5.41) is 13.8. The van der Waals surface area contributed by atoms with Crippen molar-refractivity contribution in [3.63, 3.8) is 0 Å². The van der Waals surface area contributed by atoms with E-state index in [1.54, 1.807) is 12.1 Å². The Kier molecular flexibility index (Phi) is 6.65. The van der Waals surface area contributed by atoms with Crippen molar-refractivity contribution in [1.82, 2.24) is 5.32 Å². The fourth-order valence-electron chi connectivity index (χ4n) is 3.44. The number of amides is 1. The van der Waals surface area contributed by atoms with Crippen molar-refractivity contribution in [3.05, 3.63) is 65.2 Å². The highest BCUT2D eigenvalue weighted by molar-refractivity contribution is 5.72. The predicted molar refractivity (Wildman–Crippen MR) is 129 cm³/mol. The molecule has 4 heteroatoms. The van der Waals surface area contributed by atoms with Crippen LogP contribution in [0, 0.1) is 0 Å². The normalized spacial score (nSPS) is 12.4. The van der Waals surface area contributed by atoms with Crippen LogP contribution in [-0.2, 0) is 16.4 Å². The Morgan fingerprint density at radius 2 is 1.35 bits per heavy atom. The van der Waals surface area contributed by atoms with Crippen molar-refractivity contribution in [2.24, 2.45) is 0 Å². The Morgan fingerprint density at radius 1 is 0.903 bits per heavy atom. The predicted octanol–water partition coefficient (Wildman–Crippen LogP) is 7.04. The van der Waals surface area contributed by atoms with Gasteiger partial charge in [-0.05, 0) is 54.9 Å². The van der Waals surface area contributed by atoms with Gasteiger partial charge in [-0.2, -0.15) is 0 Å². The first-order chi connectivity index (χ1) is 14.0. The lowest BCUT2D eigenvalue weighted by atomic mass is 9.79. The lowest BCUT2D eigenvalue weighted by Crippen LogP contribution is -2.42. The number of hydrogen-bond acceptors (Lipinski definition) is 3. The molecule has 0 radical (unpaired) electrons. The minimum absolute atomic E-state index is 0.255. The summed E-state index contributed by atoms with van der Waals surface area (Å²) in [4.78, 5) is 12.8. The van der Waals surface area contributed by atoms with Crippen molar-refractivity contribution < 1.29 is 14.6 Å². The highest BCUT2D eigenvalue weighted by atomic mass is 16.6. The molecule has 0 aliphatic rings. The second kappa shape index (κ2) is 8.41. The number of aromatic hydroxyl groups is 1. The zero-order valence-corrected chi connectivity index (χ0v) is 20.4. The van der Waals surface area contributed by atoms with E-state index in [9.17, 15) is 9.90 Å². The van der Waals surface area contributed by atoms with Crippen LogP contribution in [0.1, 0.15) is 84.6 Å². The van der Waals surface area contributed by atoms with Crippen molar-refractivity contribution in [2.45, 2.75) is 78.7 Å². The van der Waals surface area contributed by atoms with Crippen LogP contribution in [0.5, 0.6) is 11.5 Å². The van der Waals surface area contributed by atoms with Crippen LogP contribution in [0.2, 0.25) is 0 Å². The number of carbonyl (C=O) groups is 1. The molecule has 31 heavy (non-hydrogen) atoms. The molecule has 0 bridgehead atoms. The molecular formula is C27H37NO3. The van der Waals surface area contributed by atoms with Gasteiger partial charge in [-0.25, -0.2) is 4.79 Å². The van der Waals surface area contributed by atoms with Gasteiger partial charge in [-0.1, -0.05) is 78.0 Å². The molecule has 2 rings (SSSR count). The van der Waals surface area contributed by atoms with Crippen molar-refractivity contribution in [3.8, 4) is 11.5 Å². The SMILES string of the molecule is C=C(C)c1ccc(C(C)(C)NC(=O)Oc2cc(C(C)(C)C)c(O)c(C(C)(C)C)c2)cc1. The van der Waals surface area contributed by atoms with Gasteiger partial charge < -0.3 is 15.2 Å². The molecule has 168 valence electrons. The Bertz CT molecular complexity index is 936. The summed E-state index contributed by atoms with van der Waals surface area (Å²) < 4.78 is 5.69. The largest absolute Gasteiger partial charge is 0.507 e. The highest BCUT2D eigenvalue weighted by Gasteiger charge is 2.29. The first kappa shape index (κ1) is 24.5. The molecule has 2 aromatic carbocycles. The number of carbonyl (C=O) groups excluding carboxylic acids is 1. The van der Waals surface area contributed by atoms with E-state index in [1.165, 1.54) is 0 Å². The van der Waals surface area contributed by atoms with Crippen LogP contribution in [0.3, 0.4) is 0 Å². The first-order valence-corrected chi connectivity index (χ1v) is 10.7. The van der Waals surface area contributed by atoms with Crippen LogP contribution in [-0.4, -0.2) is 11.2 Å². The summed E-state index contributed by atoms with van der Waals surface area (Å²) >= 11 is 0. The number of rotatable bonds is 4. The zero-order valence-electron chi connectivity index (χ0n) is 20.4. The van der Waals surface area contributed by atoms with Gasteiger partial charge in [0, 0.05) is 11.1 Å². The third-order valence-electron chi connectivity index (χ3n) is 5.42. The standard InChI is InChI=1S/C27H37NO3/c1-17(2)18-11-13-19(14-12-18)27(9,10)28-24(30)31-20-15-21(25(3,4)5)23(29)22(16-20)26(6,7)8/h11-16,29H,1H2,2-10H3,(H,28,30). The van der Waals surface area contributed by atoms with E-state index in [0.29, 0.717) is 5.75 Å². The Balaban J connectivity index is 2.31. The van der Waals surface area contributed by atoms with Crippen molar-refractivity contribution >= 4 is 11.7 Å². The van der Waals surface area contributed by atoms with Gasteiger partial charge in [-0.15, -0.1) is 0 Å². The Morgan fingerprint density at radius 3 is 1.74 bits per heavy atom. The fraction of sp³-hybridized carbons (Fsp3) is 0.444. The number of allylic oxidation sites excluding steroid dienone is 1. The van der Waals surface area contributed by atoms with E-state index >= 15 is 0 Å². The molecule has 0 heterocycles. The molecule has 2 aromatic rings. The molecule has 2 N–H and O–H groups in total. The van der Waals surface area contributed by atoms with Crippen LogP contribution in [0.25, 0.3) is 5.57 Å². The zero-order chi connectivity index (χ0) is 23.8. The molecule has 0 aromatic heterocycles. The van der Waals surface area contributed by atoms with E-state index < -0.39 is 11.6 Å². The molecule has 0 saturated heterocycles. The van der Waals surface area contributed by atoms with Crippen LogP contribution in [0.4, 0.5) is 4.79 Å². The maximum Gasteiger partial charge on any atom is 0.413 e. The Labute approximate surface area is 187 Å². The summed E-state index contributed by atoms with van der Waals surface area (Å²) in [6.07, 6.45) is -0.542. The molecule has 1 amide bonds. The van der Waals surface area contributed by atoms with E-state index in [0.717, 1.165) is 27.8 Å². The molecule has 0 aliphatic heterocycles. The van der Waals surface area contributed by atoms with Gasteiger partial charge in [0.15, 0.2) is 0 Å². The monoisotopic (exact) mass is 423 g/mol. The van der Waals surface area contributed by atoms with Crippen LogP contribution >= 0.6 is 0 Å². The van der Waals surface area contributed by atoms with Crippen LogP contribution in [0.15, 0.2) is 43.0 Å². The molecule has 0 saturated carbocycles. The molecule has 0 atom stereocenters. The van der Waals surface area contributed by atoms with Gasteiger partial charge in [0.05, 0.1) is 5.54 Å². The summed E-state index contributed by atoms with van der Waals surface area (Å²) in [6, 6.07) is 11.5. The van der Waals surface area contributed by atoms with Crippen molar-refractivity contribution in [2.75, 3.05) is 0 Å². The average Bonchev–Trinajstić information content (AvgIpc) is 2.60. The van der Waals surface area contributed by atoms with Gasteiger partial charge in [0.2, 0.25) is 0 Å². The smallest absolute Gasteiger partial charge is 0.413 e. The lowest BCUT2D eigenvalue weighted by Gasteiger charge is -2.29. The highest BCUT2D eigenvalue weighted by Crippen LogP contribution is 2.41. The topological polar surface area (TPSA) is 58.6 Å². The minimum atomic E-state index is -0.624. The second-order valence-corrected chi connectivity index (χ2v) is 10.9. The maximum atomic E-state index is 12.8.